The summed E-state index contributed by atoms with van der Waals surface area (Å²) in [6.45, 7) is 4.79. The molecule has 0 spiro atoms. The van der Waals surface area contributed by atoms with Crippen molar-refractivity contribution in [2.24, 2.45) is 4.99 Å². The van der Waals surface area contributed by atoms with Gasteiger partial charge in [-0.15, -0.1) is 0 Å². The van der Waals surface area contributed by atoms with E-state index in [2.05, 4.69) is 37.0 Å². The molecule has 1 aliphatic heterocycles. The molecule has 0 aliphatic carbocycles. The number of aliphatic imine (C=N–C) groups is 1. The molecule has 0 amide bonds. The van der Waals surface area contributed by atoms with Gasteiger partial charge in [0, 0.05) is 5.56 Å². The molecule has 1 heterocycles. The Bertz CT molecular complexity index is 827. The predicted octanol–water partition coefficient (Wildman–Crippen LogP) is 5.35. The van der Waals surface area contributed by atoms with Crippen molar-refractivity contribution >= 4 is 49.9 Å². The van der Waals surface area contributed by atoms with Gasteiger partial charge >= 0.3 is 0 Å². The smallest absolute Gasteiger partial charge is 0.244 e. The summed E-state index contributed by atoms with van der Waals surface area (Å²) in [5.41, 5.74) is 1.42. The first-order valence-corrected chi connectivity index (χ1v) is 9.83. The first-order chi connectivity index (χ1) is 11.7. The standard InChI is InChI=1S/C19H19NO2S2/c1-3-11-22-17-10-9-13-7-5-6-8-14(13)15(17)12-16-18(21)24-19(20-16)23-4-2/h5-10,12H,3-4,11H2,1-2H3. The summed E-state index contributed by atoms with van der Waals surface area (Å²) < 4.78 is 6.72. The molecule has 0 bridgehead atoms. The summed E-state index contributed by atoms with van der Waals surface area (Å²) in [6, 6.07) is 12.2. The summed E-state index contributed by atoms with van der Waals surface area (Å²) >= 11 is 2.81. The van der Waals surface area contributed by atoms with Crippen molar-refractivity contribution in [1.82, 2.24) is 0 Å². The number of carbonyl (C=O) groups excluding carboxylic acids is 1. The highest BCUT2D eigenvalue weighted by molar-refractivity contribution is 8.45. The summed E-state index contributed by atoms with van der Waals surface area (Å²) in [7, 11) is 0. The molecular formula is C19H19NO2S2. The van der Waals surface area contributed by atoms with Crippen LogP contribution in [-0.4, -0.2) is 21.9 Å². The maximum Gasteiger partial charge on any atom is 0.244 e. The van der Waals surface area contributed by atoms with Gasteiger partial charge in [-0.05, 0) is 46.9 Å². The molecule has 124 valence electrons. The molecule has 0 fully saturated rings. The largest absolute Gasteiger partial charge is 0.493 e. The van der Waals surface area contributed by atoms with Crippen LogP contribution in [0.25, 0.3) is 16.8 Å². The summed E-state index contributed by atoms with van der Waals surface area (Å²) in [6.07, 6.45) is 2.80. The van der Waals surface area contributed by atoms with Gasteiger partial charge in [-0.2, -0.15) is 0 Å². The Morgan fingerprint density at radius 3 is 2.83 bits per heavy atom. The minimum Gasteiger partial charge on any atom is -0.493 e. The van der Waals surface area contributed by atoms with Crippen molar-refractivity contribution in [1.29, 1.82) is 0 Å². The first-order valence-electron chi connectivity index (χ1n) is 8.02. The van der Waals surface area contributed by atoms with E-state index in [-0.39, 0.29) is 5.12 Å². The molecule has 3 nitrogen and oxygen atoms in total. The van der Waals surface area contributed by atoms with Gasteiger partial charge in [0.25, 0.3) is 0 Å². The third-order valence-electron chi connectivity index (χ3n) is 3.54. The SMILES string of the molecule is CCCOc1ccc2ccccc2c1C=C1N=C(SCC)SC1=O. The molecule has 0 N–H and O–H groups in total. The monoisotopic (exact) mass is 357 g/mol. The van der Waals surface area contributed by atoms with Crippen molar-refractivity contribution in [2.45, 2.75) is 20.3 Å². The Morgan fingerprint density at radius 2 is 2.04 bits per heavy atom. The fraction of sp³-hybridized carbons (Fsp3) is 0.263. The number of benzene rings is 2. The lowest BCUT2D eigenvalue weighted by Gasteiger charge is -2.11. The van der Waals surface area contributed by atoms with E-state index < -0.39 is 0 Å². The Kier molecular flexibility index (Phi) is 5.63. The van der Waals surface area contributed by atoms with Gasteiger partial charge < -0.3 is 4.74 Å². The fourth-order valence-electron chi connectivity index (χ4n) is 2.47. The van der Waals surface area contributed by atoms with Crippen LogP contribution in [-0.2, 0) is 4.79 Å². The summed E-state index contributed by atoms with van der Waals surface area (Å²) in [5.74, 6) is 1.71. The quantitative estimate of drug-likeness (QED) is 0.676. The first kappa shape index (κ1) is 17.1. The van der Waals surface area contributed by atoms with Crippen molar-refractivity contribution in [3.8, 4) is 5.75 Å². The van der Waals surface area contributed by atoms with Crippen LogP contribution in [0.3, 0.4) is 0 Å². The number of thioether (sulfide) groups is 2. The molecule has 24 heavy (non-hydrogen) atoms. The maximum atomic E-state index is 12.3. The number of rotatable bonds is 5. The van der Waals surface area contributed by atoms with E-state index in [9.17, 15) is 4.79 Å². The molecule has 0 saturated heterocycles. The number of nitrogens with zero attached hydrogens (tertiary/aromatic N) is 1. The molecule has 2 aromatic rings. The van der Waals surface area contributed by atoms with E-state index in [1.54, 1.807) is 11.8 Å². The summed E-state index contributed by atoms with van der Waals surface area (Å²) in [5, 5.41) is 2.20. The number of ether oxygens (including phenoxy) is 1. The third-order valence-corrected chi connectivity index (χ3v) is 5.43. The van der Waals surface area contributed by atoms with Gasteiger partial charge in [-0.25, -0.2) is 4.99 Å². The molecule has 0 atom stereocenters. The Balaban J connectivity index is 2.09. The zero-order valence-corrected chi connectivity index (χ0v) is 15.4. The van der Waals surface area contributed by atoms with Crippen LogP contribution >= 0.6 is 23.5 Å². The van der Waals surface area contributed by atoms with Crippen LogP contribution in [0.15, 0.2) is 47.1 Å². The van der Waals surface area contributed by atoms with Crippen molar-refractivity contribution < 1.29 is 9.53 Å². The molecule has 5 heteroatoms. The normalized spacial score (nSPS) is 16.0. The third kappa shape index (κ3) is 3.68. The molecule has 0 saturated carbocycles. The highest BCUT2D eigenvalue weighted by Crippen LogP contribution is 2.35. The Labute approximate surface area is 150 Å². The van der Waals surface area contributed by atoms with E-state index >= 15 is 0 Å². The highest BCUT2D eigenvalue weighted by Gasteiger charge is 2.23. The lowest BCUT2D eigenvalue weighted by atomic mass is 10.0. The van der Waals surface area contributed by atoms with E-state index in [1.165, 1.54) is 11.8 Å². The Morgan fingerprint density at radius 1 is 1.21 bits per heavy atom. The van der Waals surface area contributed by atoms with Gasteiger partial charge in [-0.1, -0.05) is 55.9 Å². The van der Waals surface area contributed by atoms with Crippen LogP contribution < -0.4 is 4.74 Å². The highest BCUT2D eigenvalue weighted by atomic mass is 32.2. The molecule has 3 rings (SSSR count). The second kappa shape index (κ2) is 7.90. The van der Waals surface area contributed by atoms with Crippen LogP contribution in [0.1, 0.15) is 25.8 Å². The van der Waals surface area contributed by atoms with E-state index in [0.29, 0.717) is 12.3 Å². The van der Waals surface area contributed by atoms with Crippen molar-refractivity contribution in [3.63, 3.8) is 0 Å². The van der Waals surface area contributed by atoms with Crippen LogP contribution in [0.5, 0.6) is 5.75 Å². The van der Waals surface area contributed by atoms with Crippen molar-refractivity contribution in [2.75, 3.05) is 12.4 Å². The van der Waals surface area contributed by atoms with Gasteiger partial charge in [-0.3, -0.25) is 4.79 Å². The minimum absolute atomic E-state index is 0.000302. The second-order valence-corrected chi connectivity index (χ2v) is 7.75. The molecule has 1 aliphatic rings. The number of hydrogen-bond donors (Lipinski definition) is 0. The topological polar surface area (TPSA) is 38.7 Å². The van der Waals surface area contributed by atoms with E-state index in [4.69, 9.17) is 4.74 Å². The van der Waals surface area contributed by atoms with Crippen LogP contribution in [0, 0.1) is 0 Å². The summed E-state index contributed by atoms with van der Waals surface area (Å²) in [4.78, 5) is 16.7. The van der Waals surface area contributed by atoms with Gasteiger partial charge in [0.2, 0.25) is 5.12 Å². The average Bonchev–Trinajstić information content (AvgIpc) is 2.94. The lowest BCUT2D eigenvalue weighted by molar-refractivity contribution is -0.107. The maximum absolute atomic E-state index is 12.3. The van der Waals surface area contributed by atoms with Gasteiger partial charge in [0.05, 0.1) is 6.61 Å². The number of carbonyl (C=O) groups is 1. The molecule has 2 aromatic carbocycles. The molecule has 0 unspecified atom stereocenters. The van der Waals surface area contributed by atoms with E-state index in [0.717, 1.165) is 38.6 Å². The number of hydrogen-bond acceptors (Lipinski definition) is 5. The van der Waals surface area contributed by atoms with Crippen molar-refractivity contribution in [3.05, 3.63) is 47.7 Å². The fourth-order valence-corrected chi connectivity index (χ4v) is 4.21. The zero-order chi connectivity index (χ0) is 16.9. The molecule has 0 radical (unpaired) electrons. The molecular weight excluding hydrogens is 338 g/mol. The Hall–Kier alpha value is -1.72. The molecule has 0 aromatic heterocycles. The second-order valence-electron chi connectivity index (χ2n) is 5.28. The predicted molar refractivity (Wildman–Crippen MR) is 106 cm³/mol. The van der Waals surface area contributed by atoms with Crippen LogP contribution in [0.2, 0.25) is 0 Å². The lowest BCUT2D eigenvalue weighted by Crippen LogP contribution is -1.98. The number of fused-ring (bicyclic) bond motifs is 1. The van der Waals surface area contributed by atoms with Gasteiger partial charge in [0.15, 0.2) is 0 Å². The van der Waals surface area contributed by atoms with E-state index in [1.807, 2.05) is 24.3 Å². The average molecular weight is 358 g/mol. The van der Waals surface area contributed by atoms with Gasteiger partial charge in [0.1, 0.15) is 15.8 Å². The van der Waals surface area contributed by atoms with Crippen LogP contribution in [0.4, 0.5) is 0 Å². The minimum atomic E-state index is 0.000302. The zero-order valence-electron chi connectivity index (χ0n) is 13.7.